The van der Waals surface area contributed by atoms with Crippen LogP contribution in [0, 0.1) is 0 Å². The van der Waals surface area contributed by atoms with Crippen molar-refractivity contribution in [3.63, 3.8) is 0 Å². The highest BCUT2D eigenvalue weighted by Crippen LogP contribution is 2.14. The fourth-order valence-corrected chi connectivity index (χ4v) is 1.62. The number of hydrogen-bond acceptors (Lipinski definition) is 3. The zero-order chi connectivity index (χ0) is 17.4. The van der Waals surface area contributed by atoms with Gasteiger partial charge in [0.05, 0.1) is 0 Å². The van der Waals surface area contributed by atoms with Gasteiger partial charge in [-0.2, -0.15) is 13.2 Å². The number of halogens is 3. The van der Waals surface area contributed by atoms with Gasteiger partial charge in [-0.25, -0.2) is 0 Å². The van der Waals surface area contributed by atoms with Crippen LogP contribution >= 0.6 is 0 Å². The molecular formula is C15H30F3N3O2. The number of nitrogens with one attached hydrogen (secondary N) is 2. The van der Waals surface area contributed by atoms with Crippen LogP contribution in [0.2, 0.25) is 0 Å². The Kier molecular flexibility index (Phi) is 13.9. The lowest BCUT2D eigenvalue weighted by atomic mass is 10.4. The van der Waals surface area contributed by atoms with E-state index in [4.69, 9.17) is 4.74 Å². The van der Waals surface area contributed by atoms with Crippen LogP contribution in [0.1, 0.15) is 39.5 Å². The Bertz CT molecular complexity index is 300. The Hall–Kier alpha value is -1.02. The largest absolute Gasteiger partial charge is 0.411 e. The Morgan fingerprint density at radius 3 is 2.30 bits per heavy atom. The second-order valence-electron chi connectivity index (χ2n) is 5.03. The molecule has 2 N–H and O–H groups in total. The molecule has 0 aromatic rings. The second-order valence-corrected chi connectivity index (χ2v) is 5.03. The number of rotatable bonds is 13. The maximum atomic E-state index is 11.9. The molecule has 5 nitrogen and oxygen atoms in total. The van der Waals surface area contributed by atoms with E-state index in [9.17, 15) is 13.2 Å². The molecule has 0 aliphatic heterocycles. The quantitative estimate of drug-likeness (QED) is 0.307. The van der Waals surface area contributed by atoms with Crippen LogP contribution in [0.5, 0.6) is 0 Å². The maximum Gasteiger partial charge on any atom is 0.411 e. The van der Waals surface area contributed by atoms with E-state index in [0.29, 0.717) is 25.5 Å². The monoisotopic (exact) mass is 341 g/mol. The first-order valence-electron chi connectivity index (χ1n) is 8.24. The number of guanidine groups is 1. The van der Waals surface area contributed by atoms with Crippen LogP contribution in [0.4, 0.5) is 13.2 Å². The van der Waals surface area contributed by atoms with Crippen LogP contribution in [-0.2, 0) is 9.47 Å². The van der Waals surface area contributed by atoms with E-state index < -0.39 is 12.8 Å². The van der Waals surface area contributed by atoms with Gasteiger partial charge in [-0.05, 0) is 26.2 Å². The molecule has 0 aliphatic carbocycles. The predicted octanol–water partition coefficient (Wildman–Crippen LogP) is 2.72. The Morgan fingerprint density at radius 2 is 1.65 bits per heavy atom. The fourth-order valence-electron chi connectivity index (χ4n) is 1.62. The lowest BCUT2D eigenvalue weighted by Crippen LogP contribution is -2.38. The summed E-state index contributed by atoms with van der Waals surface area (Å²) in [6.45, 7) is 6.31. The molecule has 0 aromatic heterocycles. The average molecular weight is 341 g/mol. The number of alkyl halides is 3. The van der Waals surface area contributed by atoms with E-state index in [1.54, 1.807) is 0 Å². The van der Waals surface area contributed by atoms with Gasteiger partial charge in [0, 0.05) is 39.5 Å². The van der Waals surface area contributed by atoms with E-state index in [0.717, 1.165) is 39.0 Å². The number of unbranched alkanes of at least 4 members (excludes halogenated alkanes) is 1. The molecule has 0 bridgehead atoms. The third-order valence-electron chi connectivity index (χ3n) is 2.73. The average Bonchev–Trinajstić information content (AvgIpc) is 2.48. The second kappa shape index (κ2) is 14.6. The molecule has 0 atom stereocenters. The zero-order valence-corrected chi connectivity index (χ0v) is 14.2. The summed E-state index contributed by atoms with van der Waals surface area (Å²) in [7, 11) is 0. The molecule has 23 heavy (non-hydrogen) atoms. The van der Waals surface area contributed by atoms with Crippen molar-refractivity contribution in [3.05, 3.63) is 0 Å². The van der Waals surface area contributed by atoms with Crippen LogP contribution in [0.3, 0.4) is 0 Å². The van der Waals surface area contributed by atoms with Crippen molar-refractivity contribution in [2.45, 2.75) is 45.7 Å². The molecule has 0 fully saturated rings. The molecule has 0 aliphatic rings. The lowest BCUT2D eigenvalue weighted by Gasteiger charge is -2.11. The summed E-state index contributed by atoms with van der Waals surface area (Å²) in [5.74, 6) is 0.664. The van der Waals surface area contributed by atoms with Gasteiger partial charge in [0.15, 0.2) is 5.96 Å². The van der Waals surface area contributed by atoms with Gasteiger partial charge in [-0.1, -0.05) is 13.3 Å². The number of nitrogens with zero attached hydrogens (tertiary/aromatic N) is 1. The van der Waals surface area contributed by atoms with Gasteiger partial charge < -0.3 is 20.1 Å². The topological polar surface area (TPSA) is 54.9 Å². The normalized spacial score (nSPS) is 12.5. The molecular weight excluding hydrogens is 311 g/mol. The highest BCUT2D eigenvalue weighted by Gasteiger charge is 2.27. The van der Waals surface area contributed by atoms with Gasteiger partial charge in [-0.3, -0.25) is 4.99 Å². The minimum atomic E-state index is -4.26. The maximum absolute atomic E-state index is 11.9. The van der Waals surface area contributed by atoms with E-state index in [1.807, 2.05) is 6.92 Å². The molecule has 0 spiro atoms. The van der Waals surface area contributed by atoms with Crippen molar-refractivity contribution in [3.8, 4) is 0 Å². The van der Waals surface area contributed by atoms with Crippen LogP contribution in [0.25, 0.3) is 0 Å². The van der Waals surface area contributed by atoms with Gasteiger partial charge in [-0.15, -0.1) is 0 Å². The number of aliphatic imine (C=N–C) groups is 1. The van der Waals surface area contributed by atoms with Crippen LogP contribution in [-0.4, -0.2) is 58.2 Å². The van der Waals surface area contributed by atoms with Crippen molar-refractivity contribution in [2.75, 3.05) is 46.1 Å². The Morgan fingerprint density at radius 1 is 0.957 bits per heavy atom. The van der Waals surface area contributed by atoms with Crippen molar-refractivity contribution >= 4 is 5.96 Å². The standard InChI is InChI=1S/C15H30F3N3O2/c1-3-5-10-22-11-6-8-20-14(19-4-2)21-9-7-12-23-13-15(16,17)18/h3-13H2,1-2H3,(H2,19,20,21). The molecule has 0 amide bonds. The summed E-state index contributed by atoms with van der Waals surface area (Å²) >= 11 is 0. The summed E-state index contributed by atoms with van der Waals surface area (Å²) in [6.07, 6.45) is -0.731. The molecule has 0 radical (unpaired) electrons. The van der Waals surface area contributed by atoms with Crippen molar-refractivity contribution in [1.82, 2.24) is 10.6 Å². The molecule has 0 heterocycles. The number of hydrogen-bond donors (Lipinski definition) is 2. The summed E-state index contributed by atoms with van der Waals surface area (Å²) in [5.41, 5.74) is 0. The molecule has 0 saturated carbocycles. The van der Waals surface area contributed by atoms with Crippen LogP contribution < -0.4 is 10.6 Å². The SMILES string of the molecule is CCCCOCCCNC(=NCCCOCC(F)(F)F)NCC. The van der Waals surface area contributed by atoms with Gasteiger partial charge in [0.2, 0.25) is 0 Å². The molecule has 0 saturated heterocycles. The first-order valence-corrected chi connectivity index (χ1v) is 8.24. The Balaban J connectivity index is 3.70. The van der Waals surface area contributed by atoms with E-state index in [-0.39, 0.29) is 6.61 Å². The minimum absolute atomic E-state index is 0.0493. The highest BCUT2D eigenvalue weighted by molar-refractivity contribution is 5.79. The third kappa shape index (κ3) is 17.2. The summed E-state index contributed by atoms with van der Waals surface area (Å²) < 4.78 is 45.6. The zero-order valence-electron chi connectivity index (χ0n) is 14.2. The van der Waals surface area contributed by atoms with Gasteiger partial charge >= 0.3 is 6.18 Å². The van der Waals surface area contributed by atoms with Crippen molar-refractivity contribution < 1.29 is 22.6 Å². The molecule has 8 heteroatoms. The molecule has 138 valence electrons. The summed E-state index contributed by atoms with van der Waals surface area (Å²) in [5, 5.41) is 6.25. The Labute approximate surface area is 137 Å². The van der Waals surface area contributed by atoms with Crippen LogP contribution in [0.15, 0.2) is 4.99 Å². The first kappa shape index (κ1) is 22.0. The smallest absolute Gasteiger partial charge is 0.381 e. The molecule has 0 unspecified atom stereocenters. The van der Waals surface area contributed by atoms with Gasteiger partial charge in [0.25, 0.3) is 0 Å². The number of ether oxygens (including phenoxy) is 2. The first-order chi connectivity index (χ1) is 11.0. The third-order valence-corrected chi connectivity index (χ3v) is 2.73. The fraction of sp³-hybridized carbons (Fsp3) is 0.933. The predicted molar refractivity (Wildman–Crippen MR) is 85.8 cm³/mol. The minimum Gasteiger partial charge on any atom is -0.381 e. The van der Waals surface area contributed by atoms with Crippen molar-refractivity contribution in [1.29, 1.82) is 0 Å². The van der Waals surface area contributed by atoms with E-state index in [1.165, 1.54) is 0 Å². The lowest BCUT2D eigenvalue weighted by molar-refractivity contribution is -0.173. The summed E-state index contributed by atoms with van der Waals surface area (Å²) in [4.78, 5) is 4.29. The highest BCUT2D eigenvalue weighted by atomic mass is 19.4. The van der Waals surface area contributed by atoms with Crippen molar-refractivity contribution in [2.24, 2.45) is 4.99 Å². The van der Waals surface area contributed by atoms with Gasteiger partial charge in [0.1, 0.15) is 6.61 Å². The van der Waals surface area contributed by atoms with E-state index in [2.05, 4.69) is 27.3 Å². The molecule has 0 aromatic carbocycles. The van der Waals surface area contributed by atoms with E-state index >= 15 is 0 Å². The summed E-state index contributed by atoms with van der Waals surface area (Å²) in [6, 6.07) is 0. The molecule has 0 rings (SSSR count).